The lowest BCUT2D eigenvalue weighted by Crippen LogP contribution is -2.47. The number of thiophene rings is 1. The van der Waals surface area contributed by atoms with Gasteiger partial charge in [-0.3, -0.25) is 9.89 Å². The van der Waals surface area contributed by atoms with Crippen LogP contribution in [0.5, 0.6) is 0 Å². The minimum absolute atomic E-state index is 0.259. The highest BCUT2D eigenvalue weighted by Crippen LogP contribution is 2.26. The van der Waals surface area contributed by atoms with Gasteiger partial charge in [-0.1, -0.05) is 25.1 Å². The number of hydrogen-bond donors (Lipinski definition) is 2. The second kappa shape index (κ2) is 11.5. The summed E-state index contributed by atoms with van der Waals surface area (Å²) >= 11 is 1.80. The van der Waals surface area contributed by atoms with Crippen molar-refractivity contribution < 1.29 is 9.26 Å². The number of nitrogens with zero attached hydrogens (tertiary/aromatic N) is 3. The van der Waals surface area contributed by atoms with Crippen molar-refractivity contribution in [3.8, 4) is 0 Å². The van der Waals surface area contributed by atoms with Gasteiger partial charge in [0.2, 0.25) is 0 Å². The molecule has 0 spiro atoms. The van der Waals surface area contributed by atoms with E-state index in [2.05, 4.69) is 70.0 Å². The van der Waals surface area contributed by atoms with Crippen LogP contribution in [0.15, 0.2) is 33.1 Å². The molecular weight excluding hydrogens is 398 g/mol. The lowest BCUT2D eigenvalue weighted by Gasteiger charge is -2.37. The van der Waals surface area contributed by atoms with E-state index in [0.29, 0.717) is 18.5 Å². The Bertz CT molecular complexity index is 772. The van der Waals surface area contributed by atoms with E-state index in [4.69, 9.17) is 9.26 Å². The molecule has 0 bridgehead atoms. The predicted octanol–water partition coefficient (Wildman–Crippen LogP) is 3.77. The quantitative estimate of drug-likeness (QED) is 0.463. The third-order valence-electron chi connectivity index (χ3n) is 5.68. The summed E-state index contributed by atoms with van der Waals surface area (Å²) < 4.78 is 11.3. The Morgan fingerprint density at radius 1 is 1.37 bits per heavy atom. The average molecular weight is 434 g/mol. The second-order valence-corrected chi connectivity index (χ2v) is 8.73. The molecule has 2 aromatic rings. The molecule has 2 unspecified atom stereocenters. The molecule has 1 aliphatic heterocycles. The Hall–Kier alpha value is -1.90. The fraction of sp³-hybridized carbons (Fsp3) is 0.636. The maximum absolute atomic E-state index is 5.73. The van der Waals surface area contributed by atoms with Crippen molar-refractivity contribution >= 4 is 17.3 Å². The molecule has 2 atom stereocenters. The van der Waals surface area contributed by atoms with E-state index in [9.17, 15) is 0 Å². The number of rotatable bonds is 9. The lowest BCUT2D eigenvalue weighted by atomic mass is 9.99. The van der Waals surface area contributed by atoms with Gasteiger partial charge in [-0.2, -0.15) is 0 Å². The maximum Gasteiger partial charge on any atom is 0.191 e. The number of hydrogen-bond acceptors (Lipinski definition) is 6. The molecule has 3 heterocycles. The fourth-order valence-electron chi connectivity index (χ4n) is 3.92. The average Bonchev–Trinajstić information content (AvgIpc) is 3.44. The topological polar surface area (TPSA) is 74.9 Å². The molecule has 0 saturated carbocycles. The molecule has 3 rings (SSSR count). The summed E-state index contributed by atoms with van der Waals surface area (Å²) in [5.74, 6) is 2.05. The molecule has 0 radical (unpaired) electrons. The van der Waals surface area contributed by atoms with E-state index in [1.54, 1.807) is 18.4 Å². The lowest BCUT2D eigenvalue weighted by molar-refractivity contribution is -0.0334. The van der Waals surface area contributed by atoms with Crippen molar-refractivity contribution in [1.29, 1.82) is 0 Å². The van der Waals surface area contributed by atoms with Crippen LogP contribution in [-0.2, 0) is 11.3 Å². The van der Waals surface area contributed by atoms with E-state index < -0.39 is 0 Å². The van der Waals surface area contributed by atoms with Gasteiger partial charge >= 0.3 is 0 Å². The van der Waals surface area contributed by atoms with Gasteiger partial charge in [-0.25, -0.2) is 0 Å². The number of guanidine groups is 1. The minimum atomic E-state index is 0.259. The summed E-state index contributed by atoms with van der Waals surface area (Å²) in [6.45, 7) is 10.5. The summed E-state index contributed by atoms with van der Waals surface area (Å²) in [6.07, 6.45) is 2.40. The summed E-state index contributed by atoms with van der Waals surface area (Å²) in [4.78, 5) is 8.24. The van der Waals surface area contributed by atoms with E-state index in [1.807, 2.05) is 0 Å². The number of aliphatic imine (C=N–C) groups is 1. The summed E-state index contributed by atoms with van der Waals surface area (Å²) in [5, 5.41) is 13.2. The number of nitrogens with one attached hydrogen (secondary N) is 2. The number of ether oxygens (including phenoxy) is 1. The van der Waals surface area contributed by atoms with Crippen LogP contribution in [-0.4, -0.2) is 55.4 Å². The Labute approximate surface area is 183 Å². The molecule has 0 aliphatic carbocycles. The van der Waals surface area contributed by atoms with Gasteiger partial charge < -0.3 is 19.9 Å². The third kappa shape index (κ3) is 6.06. The monoisotopic (exact) mass is 433 g/mol. The van der Waals surface area contributed by atoms with Gasteiger partial charge in [0.05, 0.1) is 31.0 Å². The standard InChI is InChI=1S/C22H35N5O2S/c1-5-17(6-2)19-12-18(29-26-19)13-24-22(23-4)25-14-20(21-8-7-11-30-21)27-9-10-28-16(3)15-27/h7-8,11-12,16-17,20H,5-6,9-10,13-15H2,1-4H3,(H2,23,24,25). The zero-order valence-corrected chi connectivity index (χ0v) is 19.4. The van der Waals surface area contributed by atoms with E-state index >= 15 is 0 Å². The molecule has 2 aromatic heterocycles. The van der Waals surface area contributed by atoms with Crippen molar-refractivity contribution in [2.45, 2.75) is 58.2 Å². The molecule has 8 heteroatoms. The van der Waals surface area contributed by atoms with E-state index in [0.717, 1.165) is 56.5 Å². The summed E-state index contributed by atoms with van der Waals surface area (Å²) in [7, 11) is 1.79. The number of aromatic nitrogens is 1. The molecular formula is C22H35N5O2S. The molecule has 2 N–H and O–H groups in total. The van der Waals surface area contributed by atoms with Gasteiger partial charge in [0.15, 0.2) is 11.7 Å². The van der Waals surface area contributed by atoms with Crippen LogP contribution in [0.2, 0.25) is 0 Å². The highest BCUT2D eigenvalue weighted by Gasteiger charge is 2.26. The van der Waals surface area contributed by atoms with Crippen LogP contribution < -0.4 is 10.6 Å². The molecule has 166 valence electrons. The van der Waals surface area contributed by atoms with Gasteiger partial charge in [-0.05, 0) is 31.2 Å². The molecule has 30 heavy (non-hydrogen) atoms. The zero-order chi connectivity index (χ0) is 21.3. The Morgan fingerprint density at radius 3 is 2.87 bits per heavy atom. The third-order valence-corrected chi connectivity index (χ3v) is 6.66. The summed E-state index contributed by atoms with van der Waals surface area (Å²) in [5.41, 5.74) is 1.04. The Morgan fingerprint density at radius 2 is 2.20 bits per heavy atom. The molecule has 1 fully saturated rings. The molecule has 0 aromatic carbocycles. The maximum atomic E-state index is 5.73. The van der Waals surface area contributed by atoms with Crippen LogP contribution >= 0.6 is 11.3 Å². The normalized spacial score (nSPS) is 19.2. The van der Waals surface area contributed by atoms with Crippen molar-refractivity contribution in [3.63, 3.8) is 0 Å². The minimum Gasteiger partial charge on any atom is -0.376 e. The predicted molar refractivity (Wildman–Crippen MR) is 122 cm³/mol. The first-order valence-corrected chi connectivity index (χ1v) is 11.8. The number of morpholine rings is 1. The smallest absolute Gasteiger partial charge is 0.191 e. The first-order chi connectivity index (χ1) is 14.6. The molecule has 1 saturated heterocycles. The highest BCUT2D eigenvalue weighted by atomic mass is 32.1. The van der Waals surface area contributed by atoms with Gasteiger partial charge in [-0.15, -0.1) is 11.3 Å². The van der Waals surface area contributed by atoms with Crippen LogP contribution in [0.3, 0.4) is 0 Å². The van der Waals surface area contributed by atoms with Crippen LogP contribution in [0, 0.1) is 0 Å². The van der Waals surface area contributed by atoms with Gasteiger partial charge in [0.1, 0.15) is 0 Å². The molecule has 7 nitrogen and oxygen atoms in total. The Kier molecular flexibility index (Phi) is 8.72. The van der Waals surface area contributed by atoms with E-state index in [-0.39, 0.29) is 6.10 Å². The fourth-order valence-corrected chi connectivity index (χ4v) is 4.78. The van der Waals surface area contributed by atoms with Crippen molar-refractivity contribution in [1.82, 2.24) is 20.7 Å². The van der Waals surface area contributed by atoms with Crippen LogP contribution in [0.25, 0.3) is 0 Å². The van der Waals surface area contributed by atoms with Crippen molar-refractivity contribution in [2.24, 2.45) is 4.99 Å². The second-order valence-electron chi connectivity index (χ2n) is 7.75. The first kappa shape index (κ1) is 22.8. The first-order valence-electron chi connectivity index (χ1n) is 10.9. The van der Waals surface area contributed by atoms with Crippen molar-refractivity contribution in [3.05, 3.63) is 39.9 Å². The SMILES string of the molecule is CCC(CC)c1cc(CNC(=NC)NCC(c2cccs2)N2CCOC(C)C2)on1. The van der Waals surface area contributed by atoms with Crippen LogP contribution in [0.1, 0.15) is 61.9 Å². The van der Waals surface area contributed by atoms with Gasteiger partial charge in [0, 0.05) is 43.5 Å². The van der Waals surface area contributed by atoms with Gasteiger partial charge in [0.25, 0.3) is 0 Å². The zero-order valence-electron chi connectivity index (χ0n) is 18.6. The molecule has 1 aliphatic rings. The van der Waals surface area contributed by atoms with E-state index in [1.165, 1.54) is 4.88 Å². The van der Waals surface area contributed by atoms with Crippen LogP contribution in [0.4, 0.5) is 0 Å². The summed E-state index contributed by atoms with van der Waals surface area (Å²) in [6, 6.07) is 6.68. The Balaban J connectivity index is 1.56. The largest absolute Gasteiger partial charge is 0.376 e. The van der Waals surface area contributed by atoms with Crippen molar-refractivity contribution in [2.75, 3.05) is 33.3 Å². The molecule has 0 amide bonds. The highest BCUT2D eigenvalue weighted by molar-refractivity contribution is 7.10.